The summed E-state index contributed by atoms with van der Waals surface area (Å²) in [5.41, 5.74) is 8.73. The highest BCUT2D eigenvalue weighted by Gasteiger charge is 2.26. The number of rotatable bonds is 3. The molecule has 0 aliphatic heterocycles. The minimum atomic E-state index is 0.675. The van der Waals surface area contributed by atoms with Crippen LogP contribution < -0.4 is 0 Å². The highest BCUT2D eigenvalue weighted by Crippen LogP contribution is 2.51. The molecular formula is C48H28N4S. The largest absolute Gasteiger partial charge is 0.309 e. The molecule has 0 bridgehead atoms. The Labute approximate surface area is 307 Å². The Morgan fingerprint density at radius 2 is 1.02 bits per heavy atom. The Kier molecular flexibility index (Phi) is 5.90. The van der Waals surface area contributed by atoms with Gasteiger partial charge in [-0.15, -0.1) is 11.3 Å². The first-order valence-electron chi connectivity index (χ1n) is 17.9. The van der Waals surface area contributed by atoms with Crippen LogP contribution in [0.15, 0.2) is 170 Å². The second-order valence-corrected chi connectivity index (χ2v) is 14.8. The molecule has 0 aliphatic carbocycles. The van der Waals surface area contributed by atoms with Crippen LogP contribution in [0.5, 0.6) is 0 Å². The smallest absolute Gasteiger partial charge is 0.235 e. The van der Waals surface area contributed by atoms with E-state index in [0.29, 0.717) is 5.95 Å². The maximum absolute atomic E-state index is 5.44. The average molecular weight is 693 g/mol. The number of nitrogens with zero attached hydrogens (tertiary/aromatic N) is 4. The van der Waals surface area contributed by atoms with Crippen molar-refractivity contribution in [3.05, 3.63) is 170 Å². The maximum atomic E-state index is 5.44. The van der Waals surface area contributed by atoms with Crippen molar-refractivity contribution in [2.45, 2.75) is 0 Å². The molecule has 0 fully saturated rings. The first-order valence-corrected chi connectivity index (χ1v) is 18.8. The molecule has 0 amide bonds. The van der Waals surface area contributed by atoms with E-state index in [0.717, 1.165) is 38.9 Å². The summed E-state index contributed by atoms with van der Waals surface area (Å²) in [6.07, 6.45) is 0. The minimum absolute atomic E-state index is 0.675. The van der Waals surface area contributed by atoms with Gasteiger partial charge in [0.15, 0.2) is 0 Å². The third kappa shape index (κ3) is 3.94. The summed E-state index contributed by atoms with van der Waals surface area (Å²) < 4.78 is 7.26. The molecule has 0 saturated carbocycles. The van der Waals surface area contributed by atoms with E-state index in [-0.39, 0.29) is 0 Å². The van der Waals surface area contributed by atoms with Gasteiger partial charge in [0.25, 0.3) is 0 Å². The van der Waals surface area contributed by atoms with Gasteiger partial charge in [-0.25, -0.2) is 9.97 Å². The molecule has 246 valence electrons. The van der Waals surface area contributed by atoms with Crippen LogP contribution in [0.1, 0.15) is 0 Å². The predicted octanol–water partition coefficient (Wildman–Crippen LogP) is 13.0. The monoisotopic (exact) mass is 692 g/mol. The number of hydrogen-bond acceptors (Lipinski definition) is 3. The molecule has 12 aromatic rings. The minimum Gasteiger partial charge on any atom is -0.309 e. The predicted molar refractivity (Wildman–Crippen MR) is 224 cm³/mol. The van der Waals surface area contributed by atoms with Gasteiger partial charge in [0.1, 0.15) is 0 Å². The zero-order valence-corrected chi connectivity index (χ0v) is 29.2. The van der Waals surface area contributed by atoms with E-state index in [9.17, 15) is 0 Å². The lowest BCUT2D eigenvalue weighted by molar-refractivity contribution is 1.02. The molecule has 53 heavy (non-hydrogen) atoms. The highest BCUT2D eigenvalue weighted by molar-refractivity contribution is 7.27. The topological polar surface area (TPSA) is 35.6 Å². The first kappa shape index (κ1) is 28.8. The molecule has 0 spiro atoms. The van der Waals surface area contributed by atoms with Gasteiger partial charge in [0.05, 0.1) is 38.0 Å². The van der Waals surface area contributed by atoms with Crippen LogP contribution in [-0.4, -0.2) is 19.1 Å². The van der Waals surface area contributed by atoms with Crippen LogP contribution in [0.25, 0.3) is 108 Å². The zero-order chi connectivity index (χ0) is 34.6. The van der Waals surface area contributed by atoms with Crippen LogP contribution in [0.2, 0.25) is 0 Å². The lowest BCUT2D eigenvalue weighted by atomic mass is 9.95. The van der Waals surface area contributed by atoms with Crippen molar-refractivity contribution in [2.24, 2.45) is 0 Å². The van der Waals surface area contributed by atoms with Gasteiger partial charge >= 0.3 is 0 Å². The molecule has 5 heteroatoms. The molecule has 0 unspecified atom stereocenters. The van der Waals surface area contributed by atoms with Crippen LogP contribution in [0, 0.1) is 0 Å². The van der Waals surface area contributed by atoms with Crippen LogP contribution in [0.3, 0.4) is 0 Å². The van der Waals surface area contributed by atoms with Gasteiger partial charge in [-0.05, 0) is 47.9 Å². The normalized spacial score (nSPS) is 12.2. The van der Waals surface area contributed by atoms with E-state index < -0.39 is 0 Å². The summed E-state index contributed by atoms with van der Waals surface area (Å²) in [5, 5.41) is 11.1. The number of thiophene rings is 1. The molecule has 0 radical (unpaired) electrons. The van der Waals surface area contributed by atoms with E-state index in [1.165, 1.54) is 63.5 Å². The van der Waals surface area contributed by atoms with Crippen molar-refractivity contribution in [2.75, 3.05) is 0 Å². The molecule has 4 aromatic heterocycles. The summed E-state index contributed by atoms with van der Waals surface area (Å²) in [5.74, 6) is 0.675. The van der Waals surface area contributed by atoms with Crippen molar-refractivity contribution in [3.63, 3.8) is 0 Å². The summed E-state index contributed by atoms with van der Waals surface area (Å²) in [6.45, 7) is 0. The maximum Gasteiger partial charge on any atom is 0.235 e. The lowest BCUT2D eigenvalue weighted by Gasteiger charge is -2.13. The second kappa shape index (κ2) is 10.8. The standard InChI is InChI=1S/C48H28N4S/c1-3-15-29(16-4-1)45-31-19-7-11-23-36(31)49-48(50-45)52-38-25-13-8-20-32(38)41-35-27-28-39-42(33-21-9-12-24-37(33)51(39)30-17-5-2-6-18-30)43(35)44-34-22-10-14-26-40(34)53-47(44)46(41)52/h1-28H. The SMILES string of the molecule is c1ccc(-c2nc(-n3c4ccccc4c4c5ccc6c(c7ccccc7n6-c6ccccc6)c5c5c6ccccc6sc5c43)nc3ccccc23)cc1. The van der Waals surface area contributed by atoms with Gasteiger partial charge in [-0.3, -0.25) is 4.57 Å². The molecular weight excluding hydrogens is 665 g/mol. The number of para-hydroxylation sites is 4. The Hall–Kier alpha value is -6.82. The Bertz CT molecular complexity index is 3450. The summed E-state index contributed by atoms with van der Waals surface area (Å²) >= 11 is 1.87. The van der Waals surface area contributed by atoms with Crippen molar-refractivity contribution >= 4 is 96.8 Å². The molecule has 0 saturated heterocycles. The van der Waals surface area contributed by atoms with Gasteiger partial charge in [-0.1, -0.05) is 127 Å². The molecule has 12 rings (SSSR count). The van der Waals surface area contributed by atoms with E-state index in [1.807, 2.05) is 11.3 Å². The fourth-order valence-electron chi connectivity index (χ4n) is 8.76. The Morgan fingerprint density at radius 3 is 1.81 bits per heavy atom. The molecule has 4 heterocycles. The van der Waals surface area contributed by atoms with Gasteiger partial charge in [0, 0.05) is 59.0 Å². The second-order valence-electron chi connectivity index (χ2n) is 13.7. The molecule has 8 aromatic carbocycles. The first-order chi connectivity index (χ1) is 26.3. The van der Waals surface area contributed by atoms with E-state index >= 15 is 0 Å². The number of fused-ring (bicyclic) bond motifs is 15. The summed E-state index contributed by atoms with van der Waals surface area (Å²) in [7, 11) is 0. The van der Waals surface area contributed by atoms with Gasteiger partial charge < -0.3 is 4.57 Å². The van der Waals surface area contributed by atoms with Crippen LogP contribution in [0.4, 0.5) is 0 Å². The van der Waals surface area contributed by atoms with Gasteiger partial charge in [0.2, 0.25) is 5.95 Å². The van der Waals surface area contributed by atoms with E-state index in [2.05, 4.69) is 179 Å². The number of benzene rings is 8. The van der Waals surface area contributed by atoms with Crippen LogP contribution >= 0.6 is 11.3 Å². The number of aromatic nitrogens is 4. The molecule has 4 nitrogen and oxygen atoms in total. The van der Waals surface area contributed by atoms with Crippen molar-refractivity contribution < 1.29 is 0 Å². The van der Waals surface area contributed by atoms with E-state index in [4.69, 9.17) is 9.97 Å². The summed E-state index contributed by atoms with van der Waals surface area (Å²) in [6, 6.07) is 60.8. The summed E-state index contributed by atoms with van der Waals surface area (Å²) in [4.78, 5) is 10.8. The molecule has 0 aliphatic rings. The number of hydrogen-bond donors (Lipinski definition) is 0. The van der Waals surface area contributed by atoms with Crippen molar-refractivity contribution in [1.29, 1.82) is 0 Å². The lowest BCUT2D eigenvalue weighted by Crippen LogP contribution is -2.03. The third-order valence-corrected chi connectivity index (χ3v) is 12.1. The Morgan fingerprint density at radius 1 is 0.396 bits per heavy atom. The molecule has 0 atom stereocenters. The fourth-order valence-corrected chi connectivity index (χ4v) is 10.0. The van der Waals surface area contributed by atoms with Gasteiger partial charge in [-0.2, -0.15) is 0 Å². The van der Waals surface area contributed by atoms with E-state index in [1.54, 1.807) is 0 Å². The Balaban J connectivity index is 1.33. The highest BCUT2D eigenvalue weighted by atomic mass is 32.1. The fraction of sp³-hybridized carbons (Fsp3) is 0. The van der Waals surface area contributed by atoms with Crippen LogP contribution in [-0.2, 0) is 0 Å². The molecule has 0 N–H and O–H groups in total. The third-order valence-electron chi connectivity index (χ3n) is 10.9. The van der Waals surface area contributed by atoms with Crippen molar-refractivity contribution in [1.82, 2.24) is 19.1 Å². The quantitative estimate of drug-likeness (QED) is 0.185. The van der Waals surface area contributed by atoms with Crippen molar-refractivity contribution in [3.8, 4) is 22.9 Å². The zero-order valence-electron chi connectivity index (χ0n) is 28.4. The average Bonchev–Trinajstić information content (AvgIpc) is 3.89.